The first kappa shape index (κ1) is 16.2. The Bertz CT molecular complexity index is 765. The van der Waals surface area contributed by atoms with E-state index < -0.39 is 57.1 Å². The van der Waals surface area contributed by atoms with Gasteiger partial charge in [0.2, 0.25) is 11.8 Å². The molecule has 2 amide bonds. The molecule has 2 bridgehead atoms. The molecule has 0 aromatic heterocycles. The minimum Gasteiger partial charge on any atom is -0.615 e. The highest BCUT2D eigenvalue weighted by Gasteiger charge is 2.67. The van der Waals surface area contributed by atoms with Crippen LogP contribution < -0.4 is 4.90 Å². The molecule has 4 nitrogen and oxygen atoms in total. The zero-order valence-electron chi connectivity index (χ0n) is 11.8. The van der Waals surface area contributed by atoms with Crippen molar-refractivity contribution in [3.05, 3.63) is 40.4 Å². The second-order valence-corrected chi connectivity index (χ2v) is 8.47. The fourth-order valence-corrected chi connectivity index (χ4v) is 6.09. The highest BCUT2D eigenvalue weighted by molar-refractivity contribution is 9.10. The number of hydrogen-bond donors (Lipinski definition) is 0. The van der Waals surface area contributed by atoms with Crippen LogP contribution in [0.5, 0.6) is 0 Å². The number of imide groups is 1. The number of nitrogens with zero attached hydrogens (tertiary/aromatic N) is 1. The maximum Gasteiger partial charge on any atom is 0.417 e. The lowest BCUT2D eigenvalue weighted by atomic mass is 9.85. The predicted octanol–water partition coefficient (Wildman–Crippen LogP) is 2.64. The van der Waals surface area contributed by atoms with Crippen molar-refractivity contribution in [2.45, 2.75) is 16.7 Å². The molecule has 3 aliphatic rings. The van der Waals surface area contributed by atoms with Crippen LogP contribution in [0.1, 0.15) is 5.56 Å². The van der Waals surface area contributed by atoms with Gasteiger partial charge in [-0.1, -0.05) is 15.9 Å². The van der Waals surface area contributed by atoms with Gasteiger partial charge in [0.1, 0.15) is 22.3 Å². The van der Waals surface area contributed by atoms with E-state index in [1.165, 1.54) is 6.07 Å². The number of fused-ring (bicyclic) bond motifs is 5. The van der Waals surface area contributed by atoms with Crippen LogP contribution in [-0.2, 0) is 26.9 Å². The number of halogens is 4. The van der Waals surface area contributed by atoms with E-state index in [9.17, 15) is 27.3 Å². The summed E-state index contributed by atoms with van der Waals surface area (Å²) < 4.78 is 51.1. The van der Waals surface area contributed by atoms with E-state index in [2.05, 4.69) is 15.9 Å². The average molecular weight is 420 g/mol. The van der Waals surface area contributed by atoms with Crippen LogP contribution >= 0.6 is 15.9 Å². The second-order valence-electron chi connectivity index (χ2n) is 5.87. The van der Waals surface area contributed by atoms with E-state index in [-0.39, 0.29) is 10.2 Å². The van der Waals surface area contributed by atoms with Gasteiger partial charge < -0.3 is 4.55 Å². The standard InChI is InChI=1S/C15H9BrF3NO3S/c16-8-2-1-6(5-7(8)15(17,18)19)20-13(21)11-9-3-4-10(24(9)23)12(11)14(20)22/h1-5,9-12H/t9-,10+,11+,12-,24-. The molecule has 0 unspecified atom stereocenters. The Morgan fingerprint density at radius 2 is 1.62 bits per heavy atom. The van der Waals surface area contributed by atoms with Crippen molar-refractivity contribution in [1.29, 1.82) is 0 Å². The molecule has 5 atom stereocenters. The normalized spacial score (nSPS) is 34.4. The summed E-state index contributed by atoms with van der Waals surface area (Å²) in [7, 11) is 0. The molecule has 3 heterocycles. The van der Waals surface area contributed by atoms with Gasteiger partial charge in [0.25, 0.3) is 0 Å². The highest BCUT2D eigenvalue weighted by Crippen LogP contribution is 2.50. The molecular formula is C15H9BrF3NO3S. The topological polar surface area (TPSA) is 60.4 Å². The van der Waals surface area contributed by atoms with E-state index in [0.29, 0.717) is 0 Å². The van der Waals surface area contributed by atoms with Crippen LogP contribution in [0.15, 0.2) is 34.8 Å². The molecule has 0 saturated carbocycles. The lowest BCUT2D eigenvalue weighted by Crippen LogP contribution is -2.36. The molecule has 0 spiro atoms. The molecule has 1 aromatic rings. The van der Waals surface area contributed by atoms with Crippen molar-refractivity contribution in [3.8, 4) is 0 Å². The van der Waals surface area contributed by atoms with E-state index in [1.807, 2.05) is 0 Å². The summed E-state index contributed by atoms with van der Waals surface area (Å²) in [6.07, 6.45) is -1.28. The van der Waals surface area contributed by atoms with Crippen LogP contribution in [-0.4, -0.2) is 26.9 Å². The third-order valence-electron chi connectivity index (χ3n) is 4.65. The lowest BCUT2D eigenvalue weighted by Gasteiger charge is -2.20. The lowest BCUT2D eigenvalue weighted by molar-refractivity contribution is -0.138. The van der Waals surface area contributed by atoms with Crippen LogP contribution in [0, 0.1) is 11.8 Å². The van der Waals surface area contributed by atoms with Gasteiger partial charge in [0.05, 0.1) is 11.3 Å². The number of carbonyl (C=O) groups excluding carboxylic acids is 2. The van der Waals surface area contributed by atoms with Gasteiger partial charge in [-0.15, -0.1) is 0 Å². The minimum atomic E-state index is -4.61. The number of amides is 2. The smallest absolute Gasteiger partial charge is 0.417 e. The first-order valence-corrected chi connectivity index (χ1v) is 9.11. The van der Waals surface area contributed by atoms with Gasteiger partial charge in [0.15, 0.2) is 0 Å². The van der Waals surface area contributed by atoms with Crippen molar-refractivity contribution in [2.24, 2.45) is 11.8 Å². The molecule has 9 heteroatoms. The summed E-state index contributed by atoms with van der Waals surface area (Å²) in [6, 6.07) is 3.24. The molecule has 0 aliphatic carbocycles. The third-order valence-corrected chi connectivity index (χ3v) is 7.31. The molecule has 0 N–H and O–H groups in total. The molecule has 3 aliphatic heterocycles. The largest absolute Gasteiger partial charge is 0.615 e. The van der Waals surface area contributed by atoms with Gasteiger partial charge >= 0.3 is 6.18 Å². The fourth-order valence-electron chi connectivity index (χ4n) is 3.61. The SMILES string of the molecule is O=C1[C@@H]2[C@H](C(=O)N1c1ccc(Br)c(C(F)(F)F)c1)[C@@H]1C=C[C@H]2[S@@+]1[O-]. The molecule has 4 rings (SSSR count). The number of rotatable bonds is 1. The summed E-state index contributed by atoms with van der Waals surface area (Å²) in [6.45, 7) is 0. The maximum atomic E-state index is 13.1. The quantitative estimate of drug-likeness (QED) is 0.399. The minimum absolute atomic E-state index is 0.111. The molecule has 126 valence electrons. The first-order chi connectivity index (χ1) is 11.2. The van der Waals surface area contributed by atoms with Crippen LogP contribution in [0.4, 0.5) is 18.9 Å². The van der Waals surface area contributed by atoms with Crippen molar-refractivity contribution < 1.29 is 27.3 Å². The Hall–Kier alpha value is -1.32. The fraction of sp³-hybridized carbons (Fsp3) is 0.333. The summed E-state index contributed by atoms with van der Waals surface area (Å²) in [5.74, 6) is -2.64. The van der Waals surface area contributed by atoms with E-state index in [4.69, 9.17) is 0 Å². The van der Waals surface area contributed by atoms with E-state index >= 15 is 0 Å². The van der Waals surface area contributed by atoms with Gasteiger partial charge in [-0.05, 0) is 41.5 Å². The molecule has 0 radical (unpaired) electrons. The van der Waals surface area contributed by atoms with Crippen molar-refractivity contribution in [1.82, 2.24) is 0 Å². The van der Waals surface area contributed by atoms with Gasteiger partial charge in [-0.3, -0.25) is 9.59 Å². The molecule has 2 fully saturated rings. The van der Waals surface area contributed by atoms with E-state index in [1.54, 1.807) is 12.2 Å². The van der Waals surface area contributed by atoms with Crippen LogP contribution in [0.2, 0.25) is 0 Å². The van der Waals surface area contributed by atoms with Crippen LogP contribution in [0.3, 0.4) is 0 Å². The maximum absolute atomic E-state index is 13.1. The molecular weight excluding hydrogens is 411 g/mol. The number of alkyl halides is 3. The molecule has 1 aromatic carbocycles. The molecule has 2 saturated heterocycles. The Kier molecular flexibility index (Phi) is 3.43. The van der Waals surface area contributed by atoms with Crippen molar-refractivity contribution in [3.63, 3.8) is 0 Å². The Labute approximate surface area is 146 Å². The monoisotopic (exact) mass is 419 g/mol. The predicted molar refractivity (Wildman–Crippen MR) is 83.5 cm³/mol. The summed E-state index contributed by atoms with van der Waals surface area (Å²) >= 11 is 1.52. The number of anilines is 1. The van der Waals surface area contributed by atoms with Gasteiger partial charge in [-0.2, -0.15) is 13.2 Å². The summed E-state index contributed by atoms with van der Waals surface area (Å²) in [4.78, 5) is 26.1. The van der Waals surface area contributed by atoms with Gasteiger partial charge in [0, 0.05) is 4.47 Å². The number of benzene rings is 1. The zero-order chi connectivity index (χ0) is 17.4. The Balaban J connectivity index is 1.75. The van der Waals surface area contributed by atoms with Crippen molar-refractivity contribution in [2.75, 3.05) is 4.90 Å². The third kappa shape index (κ3) is 2.04. The molecule has 24 heavy (non-hydrogen) atoms. The summed E-state index contributed by atoms with van der Waals surface area (Å²) in [5.41, 5.74) is -1.07. The Morgan fingerprint density at radius 3 is 2.12 bits per heavy atom. The number of carbonyl (C=O) groups is 2. The second kappa shape index (κ2) is 5.09. The Morgan fingerprint density at radius 1 is 1.08 bits per heavy atom. The average Bonchev–Trinajstić information content (AvgIpc) is 3.09. The summed E-state index contributed by atoms with van der Waals surface area (Å²) in [5, 5.41) is -1.06. The number of hydrogen-bond acceptors (Lipinski definition) is 3. The van der Waals surface area contributed by atoms with Gasteiger partial charge in [-0.25, -0.2) is 4.90 Å². The van der Waals surface area contributed by atoms with Crippen LogP contribution in [0.25, 0.3) is 0 Å². The highest BCUT2D eigenvalue weighted by atomic mass is 79.9. The van der Waals surface area contributed by atoms with E-state index in [0.717, 1.165) is 17.0 Å². The van der Waals surface area contributed by atoms with Crippen molar-refractivity contribution >= 4 is 44.6 Å². The zero-order valence-corrected chi connectivity index (χ0v) is 14.2. The first-order valence-electron chi connectivity index (χ1n) is 7.04.